The number of ether oxygens (including phenoxy) is 1. The van der Waals surface area contributed by atoms with Gasteiger partial charge in [-0.05, 0) is 18.2 Å². The summed E-state index contributed by atoms with van der Waals surface area (Å²) in [5, 5.41) is 19.6. The van der Waals surface area contributed by atoms with E-state index in [4.69, 9.17) is 14.4 Å². The molecule has 0 bridgehead atoms. The number of benzene rings is 1. The number of nitrogens with one attached hydrogen (secondary N) is 1. The summed E-state index contributed by atoms with van der Waals surface area (Å²) in [5.41, 5.74) is 1.57. The third-order valence-electron chi connectivity index (χ3n) is 4.54. The van der Waals surface area contributed by atoms with Crippen molar-refractivity contribution in [1.29, 1.82) is 0 Å². The van der Waals surface area contributed by atoms with Crippen LogP contribution in [0.2, 0.25) is 0 Å². The highest BCUT2D eigenvalue weighted by molar-refractivity contribution is 5.90. The van der Waals surface area contributed by atoms with Gasteiger partial charge in [-0.2, -0.15) is 5.10 Å². The summed E-state index contributed by atoms with van der Waals surface area (Å²) in [7, 11) is 0. The van der Waals surface area contributed by atoms with Gasteiger partial charge in [0.2, 0.25) is 5.91 Å². The molecule has 0 radical (unpaired) electrons. The number of anilines is 1. The first-order chi connectivity index (χ1) is 14.4. The Labute approximate surface area is 169 Å². The lowest BCUT2D eigenvalue weighted by molar-refractivity contribution is -0.119. The van der Waals surface area contributed by atoms with Crippen LogP contribution < -0.4 is 10.2 Å². The minimum atomic E-state index is -0.607. The van der Waals surface area contributed by atoms with Crippen molar-refractivity contribution in [3.05, 3.63) is 48.2 Å². The van der Waals surface area contributed by atoms with Crippen LogP contribution in [0.25, 0.3) is 16.9 Å². The predicted molar refractivity (Wildman–Crippen MR) is 101 cm³/mol. The minimum absolute atomic E-state index is 0.179. The number of carbonyl (C=O) groups is 2. The number of halogens is 1. The van der Waals surface area contributed by atoms with Gasteiger partial charge in [-0.25, -0.2) is 13.9 Å². The van der Waals surface area contributed by atoms with Crippen LogP contribution in [0.3, 0.4) is 0 Å². The van der Waals surface area contributed by atoms with Crippen LogP contribution in [-0.2, 0) is 16.1 Å². The van der Waals surface area contributed by atoms with Gasteiger partial charge in [-0.15, -0.1) is 0 Å². The van der Waals surface area contributed by atoms with Gasteiger partial charge in [0, 0.05) is 24.8 Å². The number of aromatic nitrogens is 3. The third kappa shape index (κ3) is 3.87. The zero-order chi connectivity index (χ0) is 21.3. The molecule has 1 atom stereocenters. The number of hydrogen-bond acceptors (Lipinski definition) is 7. The van der Waals surface area contributed by atoms with E-state index in [0.29, 0.717) is 22.7 Å². The normalized spacial score (nSPS) is 16.0. The minimum Gasteiger partial charge on any atom is -0.442 e. The van der Waals surface area contributed by atoms with E-state index < -0.39 is 18.0 Å². The van der Waals surface area contributed by atoms with E-state index in [9.17, 15) is 14.0 Å². The summed E-state index contributed by atoms with van der Waals surface area (Å²) in [4.78, 5) is 24.4. The summed E-state index contributed by atoms with van der Waals surface area (Å²) in [6.07, 6.45) is 1.95. The van der Waals surface area contributed by atoms with Gasteiger partial charge in [0.15, 0.2) is 11.6 Å². The number of hydrogen-bond donors (Lipinski definition) is 2. The maximum atomic E-state index is 14.8. The van der Waals surface area contributed by atoms with Gasteiger partial charge < -0.3 is 19.7 Å². The molecule has 3 aromatic rings. The molecule has 1 aromatic carbocycles. The second-order valence-corrected chi connectivity index (χ2v) is 6.70. The first-order valence-corrected chi connectivity index (χ1v) is 9.08. The quantitative estimate of drug-likeness (QED) is 0.627. The largest absolute Gasteiger partial charge is 0.442 e. The van der Waals surface area contributed by atoms with Crippen LogP contribution in [0.15, 0.2) is 41.2 Å². The number of aliphatic hydroxyl groups excluding tert-OH is 1. The van der Waals surface area contributed by atoms with E-state index >= 15 is 0 Å². The second kappa shape index (κ2) is 7.95. The SMILES string of the molecule is CC(=O)NC[C@H]1CN(c2ccc(-n3cc(-c4cc(CO)on4)cn3)c(F)c2)C(=O)O1. The van der Waals surface area contributed by atoms with Crippen molar-refractivity contribution in [2.24, 2.45) is 0 Å². The van der Waals surface area contributed by atoms with Crippen LogP contribution in [0.4, 0.5) is 14.9 Å². The summed E-state index contributed by atoms with van der Waals surface area (Å²) in [6, 6.07) is 5.87. The van der Waals surface area contributed by atoms with Crippen LogP contribution in [0.5, 0.6) is 0 Å². The highest BCUT2D eigenvalue weighted by Crippen LogP contribution is 2.26. The topological polar surface area (TPSA) is 123 Å². The molecular weight excluding hydrogens is 397 g/mol. The van der Waals surface area contributed by atoms with Crippen LogP contribution in [-0.4, -0.2) is 51.2 Å². The van der Waals surface area contributed by atoms with Gasteiger partial charge >= 0.3 is 6.09 Å². The Kier molecular flexibility index (Phi) is 5.19. The molecule has 30 heavy (non-hydrogen) atoms. The summed E-state index contributed by atoms with van der Waals surface area (Å²) in [6.45, 7) is 1.48. The second-order valence-electron chi connectivity index (χ2n) is 6.70. The van der Waals surface area contributed by atoms with Crippen LogP contribution in [0, 0.1) is 5.82 Å². The van der Waals surface area contributed by atoms with Gasteiger partial charge in [0.1, 0.15) is 24.1 Å². The molecule has 2 amide bonds. The van der Waals surface area contributed by atoms with Gasteiger partial charge in [0.05, 0.1) is 25.0 Å². The van der Waals surface area contributed by atoms with E-state index in [1.165, 1.54) is 34.8 Å². The smallest absolute Gasteiger partial charge is 0.414 e. The molecule has 1 aliphatic rings. The molecule has 2 aromatic heterocycles. The van der Waals surface area contributed by atoms with Crippen molar-refractivity contribution in [3.63, 3.8) is 0 Å². The number of rotatable bonds is 6. The zero-order valence-corrected chi connectivity index (χ0v) is 15.9. The molecule has 1 aliphatic heterocycles. The summed E-state index contributed by atoms with van der Waals surface area (Å²) in [5.74, 6) is -0.504. The molecule has 0 unspecified atom stereocenters. The van der Waals surface area contributed by atoms with Gasteiger partial charge in [0.25, 0.3) is 0 Å². The molecule has 1 saturated heterocycles. The fourth-order valence-electron chi connectivity index (χ4n) is 3.06. The fourth-order valence-corrected chi connectivity index (χ4v) is 3.06. The van der Waals surface area contributed by atoms with Gasteiger partial charge in [-0.3, -0.25) is 9.69 Å². The Hall–Kier alpha value is -3.73. The number of amides is 2. The molecule has 4 rings (SSSR count). The van der Waals surface area contributed by atoms with E-state index in [1.54, 1.807) is 18.3 Å². The van der Waals surface area contributed by atoms with E-state index in [2.05, 4.69) is 15.6 Å². The standard InChI is InChI=1S/C19H18FN5O5/c1-11(27)21-7-15-9-24(19(28)29-15)13-2-3-18(16(20)4-13)25-8-12(6-22-25)17-5-14(10-26)30-23-17/h2-6,8,15,26H,7,9-10H2,1H3,(H,21,27)/t15-/m0/s1. The molecule has 0 spiro atoms. The van der Waals surface area contributed by atoms with Crippen molar-refractivity contribution < 1.29 is 28.3 Å². The molecule has 10 nitrogen and oxygen atoms in total. The Bertz CT molecular complexity index is 1090. The number of nitrogens with zero attached hydrogens (tertiary/aromatic N) is 4. The first kappa shape index (κ1) is 19.6. The fraction of sp³-hybridized carbons (Fsp3) is 0.263. The Morgan fingerprint density at radius 3 is 2.93 bits per heavy atom. The van der Waals surface area contributed by atoms with Gasteiger partial charge in [-0.1, -0.05) is 5.16 Å². The third-order valence-corrected chi connectivity index (χ3v) is 4.54. The average molecular weight is 415 g/mol. The molecule has 156 valence electrons. The van der Waals surface area contributed by atoms with E-state index in [-0.39, 0.29) is 31.3 Å². The number of aliphatic hydroxyl groups is 1. The maximum absolute atomic E-state index is 14.8. The van der Waals surface area contributed by atoms with Crippen molar-refractivity contribution in [2.45, 2.75) is 19.6 Å². The molecule has 1 fully saturated rings. The predicted octanol–water partition coefficient (Wildman–Crippen LogP) is 1.62. The molecule has 2 N–H and O–H groups in total. The molecule has 0 saturated carbocycles. The Morgan fingerprint density at radius 2 is 2.23 bits per heavy atom. The van der Waals surface area contributed by atoms with Crippen LogP contribution >= 0.6 is 0 Å². The van der Waals surface area contributed by atoms with Crippen molar-refractivity contribution in [3.8, 4) is 16.9 Å². The molecule has 3 heterocycles. The lowest BCUT2D eigenvalue weighted by atomic mass is 10.2. The molecule has 0 aliphatic carbocycles. The van der Waals surface area contributed by atoms with Crippen molar-refractivity contribution >= 4 is 17.7 Å². The highest BCUT2D eigenvalue weighted by atomic mass is 19.1. The number of carbonyl (C=O) groups excluding carboxylic acids is 2. The van der Waals surface area contributed by atoms with E-state index in [0.717, 1.165) is 0 Å². The Morgan fingerprint density at radius 1 is 1.40 bits per heavy atom. The lowest BCUT2D eigenvalue weighted by Crippen LogP contribution is -2.33. The maximum Gasteiger partial charge on any atom is 0.414 e. The van der Waals surface area contributed by atoms with Crippen LogP contribution in [0.1, 0.15) is 12.7 Å². The Balaban J connectivity index is 1.51. The highest BCUT2D eigenvalue weighted by Gasteiger charge is 2.32. The summed E-state index contributed by atoms with van der Waals surface area (Å²) < 4.78 is 26.3. The van der Waals surface area contributed by atoms with E-state index in [1.807, 2.05) is 0 Å². The molecular formula is C19H18FN5O5. The summed E-state index contributed by atoms with van der Waals surface area (Å²) >= 11 is 0. The monoisotopic (exact) mass is 415 g/mol. The van der Waals surface area contributed by atoms with Crippen molar-refractivity contribution in [2.75, 3.05) is 18.0 Å². The zero-order valence-electron chi connectivity index (χ0n) is 15.9. The average Bonchev–Trinajstić information content (AvgIpc) is 3.45. The first-order valence-electron chi connectivity index (χ1n) is 9.08. The molecule has 11 heteroatoms. The lowest BCUT2D eigenvalue weighted by Gasteiger charge is -2.14. The number of cyclic esters (lactones) is 1. The van der Waals surface area contributed by atoms with Crippen molar-refractivity contribution in [1.82, 2.24) is 20.3 Å².